The molecule has 6 rings (SSSR count). The molecule has 6 aromatic rings. The summed E-state index contributed by atoms with van der Waals surface area (Å²) >= 11 is 4.24. The zero-order valence-electron chi connectivity index (χ0n) is 25.9. The van der Waals surface area contributed by atoms with E-state index in [1.54, 1.807) is 30.3 Å². The maximum absolute atomic E-state index is 14.1. The van der Waals surface area contributed by atoms with Gasteiger partial charge in [0.2, 0.25) is 0 Å². The van der Waals surface area contributed by atoms with Crippen LogP contribution in [-0.4, -0.2) is 29.8 Å². The number of phenols is 2. The molecule has 0 aromatic heterocycles. The molecule has 6 aromatic carbocycles. The molecule has 0 atom stereocenters. The number of nitriles is 2. The normalized spacial score (nSPS) is 11.0. The van der Waals surface area contributed by atoms with Crippen LogP contribution in [0.4, 0.5) is 8.78 Å². The lowest BCUT2D eigenvalue weighted by molar-refractivity contribution is 0.277. The summed E-state index contributed by atoms with van der Waals surface area (Å²) < 4.78 is 58.2. The van der Waals surface area contributed by atoms with Gasteiger partial charge in [0.1, 0.15) is 11.5 Å². The van der Waals surface area contributed by atoms with Crippen molar-refractivity contribution in [2.24, 2.45) is 0 Å². The Morgan fingerprint density at radius 3 is 1.58 bits per heavy atom. The van der Waals surface area contributed by atoms with Gasteiger partial charge in [-0.25, -0.2) is 17.9 Å². The number of hydrogen-bond acceptors (Lipinski definition) is 8. The van der Waals surface area contributed by atoms with E-state index in [0.29, 0.717) is 44.0 Å². The molecular weight excluding hydrogens is 950 g/mol. The minimum absolute atomic E-state index is 0.0856. The topological polar surface area (TPSA) is 222 Å². The Morgan fingerprint density at radius 1 is 0.577 bits per heavy atom. The van der Waals surface area contributed by atoms with Gasteiger partial charge in [-0.2, -0.15) is 10.5 Å². The second kappa shape index (κ2) is 17.0. The predicted molar refractivity (Wildman–Crippen MR) is 205 cm³/mol. The molecule has 12 nitrogen and oxygen atoms in total. The SMILES string of the molecule is II.N#Cc1cc(-c2ccc(O)c(F)c2)cc2ccc(O)cc12.N#Cc1cc(-c2ccc(OP(=O)(O)O)c(F)c2)cc2ccc(OP(=O)(O)O)cc12. The van der Waals surface area contributed by atoms with Gasteiger partial charge < -0.3 is 19.3 Å². The van der Waals surface area contributed by atoms with E-state index in [-0.39, 0.29) is 17.1 Å². The standard InChI is InChI=1S/C17H12FNO8P2.C17H10FNO2.I2/c18-16-7-10(2-4-17(16)27-29(23,24)25)12-5-11-1-3-14(26-28(20,21)22)8-15(11)13(6-12)9-19;18-16-7-10(2-4-17(16)21)12-5-11-1-3-14(20)8-15(11)13(6-12)9-19;1-2/h1-8H,(H2,20,21,22)(H2,23,24,25);1-8,20-21H;. The van der Waals surface area contributed by atoms with Crippen LogP contribution in [0.1, 0.15) is 11.1 Å². The number of phenolic OH excluding ortho intramolecular Hbond substituents is 2. The van der Waals surface area contributed by atoms with E-state index in [0.717, 1.165) is 17.5 Å². The third kappa shape index (κ3) is 10.4. The first-order valence-electron chi connectivity index (χ1n) is 14.1. The monoisotopic (exact) mass is 972 g/mol. The van der Waals surface area contributed by atoms with Gasteiger partial charge in [0.25, 0.3) is 0 Å². The summed E-state index contributed by atoms with van der Waals surface area (Å²) in [6.45, 7) is 0. The Balaban J connectivity index is 0.000000232. The van der Waals surface area contributed by atoms with E-state index in [1.807, 2.05) is 6.07 Å². The summed E-state index contributed by atoms with van der Waals surface area (Å²) in [5.74, 6) is -2.79. The third-order valence-electron chi connectivity index (χ3n) is 7.09. The molecule has 0 radical (unpaired) electrons. The Morgan fingerprint density at radius 2 is 1.08 bits per heavy atom. The van der Waals surface area contributed by atoms with Crippen molar-refractivity contribution in [2.75, 3.05) is 0 Å². The van der Waals surface area contributed by atoms with E-state index in [4.69, 9.17) is 19.6 Å². The Kier molecular flexibility index (Phi) is 13.2. The van der Waals surface area contributed by atoms with Crippen LogP contribution in [0.2, 0.25) is 0 Å². The molecule has 0 amide bonds. The minimum Gasteiger partial charge on any atom is -0.508 e. The van der Waals surface area contributed by atoms with Crippen LogP contribution in [0.3, 0.4) is 0 Å². The van der Waals surface area contributed by atoms with Gasteiger partial charge in [0, 0.05) is 48.0 Å². The number of nitrogens with zero attached hydrogens (tertiary/aromatic N) is 2. The van der Waals surface area contributed by atoms with Crippen LogP contribution in [0.25, 0.3) is 43.8 Å². The average Bonchev–Trinajstić information content (AvgIpc) is 3.09. The number of phosphoric ester groups is 2. The molecule has 0 aliphatic heterocycles. The summed E-state index contributed by atoms with van der Waals surface area (Å²) in [7, 11) is -9.68. The van der Waals surface area contributed by atoms with Crippen molar-refractivity contribution in [1.29, 1.82) is 10.5 Å². The maximum Gasteiger partial charge on any atom is 0.524 e. The lowest BCUT2D eigenvalue weighted by Gasteiger charge is -2.11. The van der Waals surface area contributed by atoms with Gasteiger partial charge in [-0.1, -0.05) is 24.3 Å². The number of phosphoric acid groups is 2. The van der Waals surface area contributed by atoms with Crippen LogP contribution in [0, 0.1) is 34.3 Å². The second-order valence-corrected chi connectivity index (χ2v) is 12.9. The Hall–Kier alpha value is -4.36. The number of hydrogen-bond donors (Lipinski definition) is 6. The summed E-state index contributed by atoms with van der Waals surface area (Å²) in [5.41, 5.74) is 2.52. The molecule has 0 saturated heterocycles. The second-order valence-electron chi connectivity index (χ2n) is 10.5. The largest absolute Gasteiger partial charge is 0.524 e. The molecule has 0 unspecified atom stereocenters. The summed E-state index contributed by atoms with van der Waals surface area (Å²) in [6.07, 6.45) is 0. The molecule has 0 spiro atoms. The smallest absolute Gasteiger partial charge is 0.508 e. The van der Waals surface area contributed by atoms with Crippen LogP contribution >= 0.6 is 52.9 Å². The Labute approximate surface area is 316 Å². The van der Waals surface area contributed by atoms with Gasteiger partial charge in [-0.3, -0.25) is 19.6 Å². The maximum atomic E-state index is 14.1. The van der Waals surface area contributed by atoms with E-state index < -0.39 is 38.8 Å². The van der Waals surface area contributed by atoms with E-state index in [1.165, 1.54) is 54.6 Å². The molecule has 6 N–H and O–H groups in total. The molecule has 266 valence electrons. The van der Waals surface area contributed by atoms with E-state index in [2.05, 4.69) is 52.3 Å². The zero-order valence-corrected chi connectivity index (χ0v) is 32.0. The number of rotatable bonds is 6. The first-order chi connectivity index (χ1) is 24.5. The Bertz CT molecular complexity index is 2500. The van der Waals surface area contributed by atoms with Crippen molar-refractivity contribution in [3.05, 3.63) is 120 Å². The molecule has 52 heavy (non-hydrogen) atoms. The van der Waals surface area contributed by atoms with Crippen LogP contribution in [0.15, 0.2) is 97.1 Å². The molecule has 0 saturated carbocycles. The zero-order chi connectivity index (χ0) is 38.4. The highest BCUT2D eigenvalue weighted by Crippen LogP contribution is 2.41. The van der Waals surface area contributed by atoms with Gasteiger partial charge in [0.15, 0.2) is 23.1 Å². The van der Waals surface area contributed by atoms with Crippen molar-refractivity contribution in [1.82, 2.24) is 0 Å². The number of benzene rings is 6. The lowest BCUT2D eigenvalue weighted by Crippen LogP contribution is -1.94. The average molecular weight is 972 g/mol. The van der Waals surface area contributed by atoms with Crippen molar-refractivity contribution < 1.29 is 56.7 Å². The molecule has 0 aliphatic rings. The van der Waals surface area contributed by atoms with Gasteiger partial charge in [0.05, 0.1) is 23.3 Å². The fraction of sp³-hybridized carbons (Fsp3) is 0. The first kappa shape index (κ1) is 40.4. The highest BCUT2D eigenvalue weighted by atomic mass is 128. The quantitative estimate of drug-likeness (QED) is 0.0680. The van der Waals surface area contributed by atoms with E-state index in [9.17, 15) is 38.6 Å². The molecule has 18 heteroatoms. The van der Waals surface area contributed by atoms with Gasteiger partial charge in [-0.15, -0.1) is 0 Å². The fourth-order valence-electron chi connectivity index (χ4n) is 4.96. The highest BCUT2D eigenvalue weighted by molar-refractivity contribution is 15.0. The van der Waals surface area contributed by atoms with E-state index >= 15 is 0 Å². The molecule has 0 fully saturated rings. The predicted octanol–water partition coefficient (Wildman–Crippen LogP) is 9.16. The van der Waals surface area contributed by atoms with Crippen molar-refractivity contribution in [3.8, 4) is 57.4 Å². The van der Waals surface area contributed by atoms with Gasteiger partial charge >= 0.3 is 15.6 Å². The minimum atomic E-state index is -4.92. The highest BCUT2D eigenvalue weighted by Gasteiger charge is 2.20. The first-order valence-corrected chi connectivity index (χ1v) is 23.5. The lowest BCUT2D eigenvalue weighted by atomic mass is 9.97. The van der Waals surface area contributed by atoms with Crippen LogP contribution in [0.5, 0.6) is 23.0 Å². The van der Waals surface area contributed by atoms with Crippen molar-refractivity contribution in [3.63, 3.8) is 0 Å². The fourth-order valence-corrected chi connectivity index (χ4v) is 5.76. The molecule has 0 heterocycles. The molecular formula is C34H22F2I2N2O10P2. The van der Waals surface area contributed by atoms with Crippen molar-refractivity contribution in [2.45, 2.75) is 0 Å². The van der Waals surface area contributed by atoms with Crippen LogP contribution in [-0.2, 0) is 9.13 Å². The molecule has 0 bridgehead atoms. The van der Waals surface area contributed by atoms with Crippen LogP contribution < -0.4 is 9.05 Å². The molecule has 0 aliphatic carbocycles. The summed E-state index contributed by atoms with van der Waals surface area (Å²) in [5, 5.41) is 39.7. The summed E-state index contributed by atoms with van der Waals surface area (Å²) in [4.78, 5) is 35.4. The number of fused-ring (bicyclic) bond motifs is 2. The number of aromatic hydroxyl groups is 2. The van der Waals surface area contributed by atoms with Gasteiger partial charge in [-0.05, 0) is 106 Å². The number of halogens is 4. The summed E-state index contributed by atoms with van der Waals surface area (Å²) in [6, 6.07) is 26.9. The third-order valence-corrected chi connectivity index (χ3v) is 7.98. The van der Waals surface area contributed by atoms with Crippen molar-refractivity contribution >= 4 is 74.4 Å².